The van der Waals surface area contributed by atoms with E-state index in [1.165, 1.54) is 0 Å². The van der Waals surface area contributed by atoms with Crippen LogP contribution in [0.1, 0.15) is 20.8 Å². The van der Waals surface area contributed by atoms with Gasteiger partial charge in [0.05, 0.1) is 15.6 Å². The summed E-state index contributed by atoms with van der Waals surface area (Å²) in [5.41, 5.74) is 6.89. The molecule has 0 saturated heterocycles. The fraction of sp³-hybridized carbons (Fsp3) is 0.250. The smallest absolute Gasteiger partial charge is 0.241 e. The Morgan fingerprint density at radius 2 is 1.73 bits per heavy atom. The van der Waals surface area contributed by atoms with Gasteiger partial charge in [0, 0.05) is 11.1 Å². The van der Waals surface area contributed by atoms with Gasteiger partial charge in [-0.2, -0.15) is 0 Å². The molecule has 22 heavy (non-hydrogen) atoms. The van der Waals surface area contributed by atoms with Crippen LogP contribution in [0, 0.1) is 0 Å². The Morgan fingerprint density at radius 1 is 1.09 bits per heavy atom. The molecular formula is C16H19ClN2O2S. The second-order valence-corrected chi connectivity index (χ2v) is 8.15. The average Bonchev–Trinajstić information content (AvgIpc) is 2.39. The number of anilines is 1. The van der Waals surface area contributed by atoms with Crippen molar-refractivity contribution < 1.29 is 8.42 Å². The summed E-state index contributed by atoms with van der Waals surface area (Å²) in [6, 6.07) is 11.9. The molecule has 0 aliphatic heterocycles. The average molecular weight is 339 g/mol. The van der Waals surface area contributed by atoms with E-state index in [4.69, 9.17) is 17.3 Å². The van der Waals surface area contributed by atoms with Gasteiger partial charge in [-0.05, 0) is 44.5 Å². The predicted octanol–water partition coefficient (Wildman–Crippen LogP) is 3.67. The molecule has 0 aromatic heterocycles. The summed E-state index contributed by atoms with van der Waals surface area (Å²) in [6.45, 7) is 5.40. The number of nitrogens with two attached hydrogens (primary N) is 1. The Hall–Kier alpha value is -1.56. The second-order valence-electron chi connectivity index (χ2n) is 6.09. The van der Waals surface area contributed by atoms with Crippen LogP contribution in [0.15, 0.2) is 47.4 Å². The summed E-state index contributed by atoms with van der Waals surface area (Å²) < 4.78 is 27.9. The maximum Gasteiger partial charge on any atom is 0.241 e. The normalized spacial score (nSPS) is 12.4. The molecule has 0 amide bonds. The Bertz CT molecular complexity index is 796. The molecule has 0 bridgehead atoms. The lowest BCUT2D eigenvalue weighted by Crippen LogP contribution is -2.40. The van der Waals surface area contributed by atoms with Gasteiger partial charge in [0.1, 0.15) is 0 Å². The Kier molecular flexibility index (Phi) is 4.52. The summed E-state index contributed by atoms with van der Waals surface area (Å²) in [5.74, 6) is 0. The minimum absolute atomic E-state index is 0.214. The molecule has 3 N–H and O–H groups in total. The molecular weight excluding hydrogens is 320 g/mol. The van der Waals surface area contributed by atoms with E-state index >= 15 is 0 Å². The fourth-order valence-corrected chi connectivity index (χ4v) is 3.92. The lowest BCUT2D eigenvalue weighted by atomic mass is 10.1. The van der Waals surface area contributed by atoms with Crippen LogP contribution in [-0.2, 0) is 10.0 Å². The maximum absolute atomic E-state index is 12.6. The zero-order valence-electron chi connectivity index (χ0n) is 12.7. The largest absolute Gasteiger partial charge is 0.398 e. The third-order valence-corrected chi connectivity index (χ3v) is 5.07. The van der Waals surface area contributed by atoms with Crippen LogP contribution < -0.4 is 10.5 Å². The van der Waals surface area contributed by atoms with Crippen molar-refractivity contribution in [2.45, 2.75) is 31.2 Å². The van der Waals surface area contributed by atoms with Gasteiger partial charge in [-0.15, -0.1) is 0 Å². The van der Waals surface area contributed by atoms with E-state index in [0.717, 1.165) is 0 Å². The quantitative estimate of drug-likeness (QED) is 0.839. The summed E-state index contributed by atoms with van der Waals surface area (Å²) in [6.07, 6.45) is 0. The van der Waals surface area contributed by atoms with Gasteiger partial charge in [-0.25, -0.2) is 13.1 Å². The summed E-state index contributed by atoms with van der Waals surface area (Å²) in [7, 11) is -3.64. The zero-order chi connectivity index (χ0) is 16.5. The highest BCUT2D eigenvalue weighted by atomic mass is 35.5. The van der Waals surface area contributed by atoms with Crippen molar-refractivity contribution in [1.29, 1.82) is 0 Å². The van der Waals surface area contributed by atoms with Crippen LogP contribution in [0.25, 0.3) is 11.1 Å². The van der Waals surface area contributed by atoms with Crippen LogP contribution >= 0.6 is 11.6 Å². The number of halogens is 1. The van der Waals surface area contributed by atoms with Crippen molar-refractivity contribution in [2.24, 2.45) is 0 Å². The molecule has 6 heteroatoms. The first-order valence-corrected chi connectivity index (χ1v) is 8.65. The van der Waals surface area contributed by atoms with Gasteiger partial charge in [-0.3, -0.25) is 0 Å². The minimum Gasteiger partial charge on any atom is -0.398 e. The molecule has 2 aromatic rings. The standard InChI is InChI=1S/C16H19ClN2O2S/c1-16(2,3)19-22(20,21)15-7-5-4-6-12(15)11-8-9-14(18)13(17)10-11/h4-10,19H,18H2,1-3H3. The van der Waals surface area contributed by atoms with Crippen molar-refractivity contribution in [2.75, 3.05) is 5.73 Å². The Balaban J connectivity index is 2.58. The second kappa shape index (κ2) is 5.91. The predicted molar refractivity (Wildman–Crippen MR) is 91.4 cm³/mol. The van der Waals surface area contributed by atoms with Gasteiger partial charge in [0.15, 0.2) is 0 Å². The van der Waals surface area contributed by atoms with Gasteiger partial charge in [-0.1, -0.05) is 35.9 Å². The highest BCUT2D eigenvalue weighted by Gasteiger charge is 2.24. The maximum atomic E-state index is 12.6. The molecule has 0 heterocycles. The number of rotatable bonds is 3. The van der Waals surface area contributed by atoms with Crippen LogP contribution in [0.2, 0.25) is 5.02 Å². The first-order valence-electron chi connectivity index (χ1n) is 6.78. The van der Waals surface area contributed by atoms with E-state index in [1.54, 1.807) is 63.2 Å². The molecule has 0 fully saturated rings. The molecule has 0 radical (unpaired) electrons. The van der Waals surface area contributed by atoms with Gasteiger partial charge in [0.25, 0.3) is 0 Å². The topological polar surface area (TPSA) is 72.2 Å². The van der Waals surface area contributed by atoms with E-state index in [2.05, 4.69) is 4.72 Å². The molecule has 0 spiro atoms. The first-order chi connectivity index (χ1) is 10.1. The van der Waals surface area contributed by atoms with Crippen LogP contribution in [-0.4, -0.2) is 14.0 Å². The number of nitrogen functional groups attached to an aromatic ring is 1. The number of sulfonamides is 1. The van der Waals surface area contributed by atoms with Crippen molar-refractivity contribution in [1.82, 2.24) is 4.72 Å². The highest BCUT2D eigenvalue weighted by molar-refractivity contribution is 7.89. The molecule has 0 unspecified atom stereocenters. The van der Waals surface area contributed by atoms with Crippen molar-refractivity contribution in [3.63, 3.8) is 0 Å². The molecule has 2 rings (SSSR count). The molecule has 0 aliphatic carbocycles. The van der Waals surface area contributed by atoms with E-state index in [-0.39, 0.29) is 4.90 Å². The number of hydrogen-bond acceptors (Lipinski definition) is 3. The summed E-state index contributed by atoms with van der Waals surface area (Å²) >= 11 is 6.05. The van der Waals surface area contributed by atoms with Crippen molar-refractivity contribution in [3.8, 4) is 11.1 Å². The highest BCUT2D eigenvalue weighted by Crippen LogP contribution is 2.31. The van der Waals surface area contributed by atoms with Gasteiger partial charge >= 0.3 is 0 Å². The molecule has 4 nitrogen and oxygen atoms in total. The third-order valence-electron chi connectivity index (χ3n) is 2.93. The van der Waals surface area contributed by atoms with Crippen LogP contribution in [0.3, 0.4) is 0 Å². The minimum atomic E-state index is -3.64. The molecule has 0 aliphatic rings. The SMILES string of the molecule is CC(C)(C)NS(=O)(=O)c1ccccc1-c1ccc(N)c(Cl)c1. The molecule has 0 atom stereocenters. The lowest BCUT2D eigenvalue weighted by molar-refractivity contribution is 0.491. The van der Waals surface area contributed by atoms with Crippen molar-refractivity contribution >= 4 is 27.3 Å². The molecule has 2 aromatic carbocycles. The summed E-state index contributed by atoms with van der Waals surface area (Å²) in [4.78, 5) is 0.214. The third kappa shape index (κ3) is 3.80. The first kappa shape index (κ1) is 16.8. The number of benzene rings is 2. The van der Waals surface area contributed by atoms with E-state index in [0.29, 0.717) is 21.8 Å². The molecule has 118 valence electrons. The van der Waals surface area contributed by atoms with E-state index in [9.17, 15) is 8.42 Å². The van der Waals surface area contributed by atoms with Gasteiger partial charge < -0.3 is 5.73 Å². The number of hydrogen-bond donors (Lipinski definition) is 2. The Morgan fingerprint density at radius 3 is 2.32 bits per heavy atom. The summed E-state index contributed by atoms with van der Waals surface area (Å²) in [5, 5.41) is 0.397. The lowest BCUT2D eigenvalue weighted by Gasteiger charge is -2.21. The van der Waals surface area contributed by atoms with Crippen molar-refractivity contribution in [3.05, 3.63) is 47.5 Å². The Labute approximate surface area is 136 Å². The fourth-order valence-electron chi connectivity index (χ4n) is 2.09. The van der Waals surface area contributed by atoms with Gasteiger partial charge in [0.2, 0.25) is 10.0 Å². The van der Waals surface area contributed by atoms with E-state index < -0.39 is 15.6 Å². The van der Waals surface area contributed by atoms with E-state index in [1.807, 2.05) is 0 Å². The monoisotopic (exact) mass is 338 g/mol. The van der Waals surface area contributed by atoms with Crippen LogP contribution in [0.4, 0.5) is 5.69 Å². The van der Waals surface area contributed by atoms with Crippen LogP contribution in [0.5, 0.6) is 0 Å². The molecule has 0 saturated carbocycles. The number of nitrogens with one attached hydrogen (secondary N) is 1. The zero-order valence-corrected chi connectivity index (χ0v) is 14.3.